The van der Waals surface area contributed by atoms with E-state index in [-0.39, 0.29) is 5.92 Å². The molecule has 5 aromatic rings. The molecular weight excluding hydrogens is 633 g/mol. The van der Waals surface area contributed by atoms with Crippen molar-refractivity contribution in [1.82, 2.24) is 9.13 Å². The molecule has 0 saturated heterocycles. The van der Waals surface area contributed by atoms with Crippen molar-refractivity contribution in [2.75, 3.05) is 0 Å². The topological polar surface area (TPSA) is 57.4 Å². The first-order valence-corrected chi connectivity index (χ1v) is 18.4. The van der Waals surface area contributed by atoms with E-state index in [4.69, 9.17) is 0 Å². The average Bonchev–Trinajstić information content (AvgIpc) is 3.63. The van der Waals surface area contributed by atoms with Gasteiger partial charge in [-0.2, -0.15) is 10.5 Å². The third kappa shape index (κ3) is 6.78. The molecule has 0 radical (unpaired) electrons. The van der Waals surface area contributed by atoms with Gasteiger partial charge in [-0.3, -0.25) is 0 Å². The number of rotatable bonds is 10. The van der Waals surface area contributed by atoms with Crippen molar-refractivity contribution < 1.29 is 0 Å². The van der Waals surface area contributed by atoms with Gasteiger partial charge in [-0.25, -0.2) is 0 Å². The van der Waals surface area contributed by atoms with Crippen LogP contribution in [0.2, 0.25) is 0 Å². The molecule has 4 heteroatoms. The molecule has 1 aliphatic rings. The van der Waals surface area contributed by atoms with Gasteiger partial charge in [0.25, 0.3) is 0 Å². The summed E-state index contributed by atoms with van der Waals surface area (Å²) in [6.45, 7) is 18.3. The van der Waals surface area contributed by atoms with Gasteiger partial charge in [0.2, 0.25) is 0 Å². The lowest BCUT2D eigenvalue weighted by atomic mass is 9.78. The molecule has 6 rings (SSSR count). The van der Waals surface area contributed by atoms with Crippen LogP contribution < -0.4 is 0 Å². The van der Waals surface area contributed by atoms with Crippen LogP contribution in [0.5, 0.6) is 0 Å². The Labute approximate surface area is 309 Å². The summed E-state index contributed by atoms with van der Waals surface area (Å²) in [5, 5.41) is 21.4. The third-order valence-corrected chi connectivity index (χ3v) is 10.9. The number of hydrogen-bond donors (Lipinski definition) is 0. The summed E-state index contributed by atoms with van der Waals surface area (Å²) in [4.78, 5) is 0. The number of para-hydroxylation sites is 1. The van der Waals surface area contributed by atoms with Gasteiger partial charge in [-0.05, 0) is 128 Å². The van der Waals surface area contributed by atoms with Crippen LogP contribution in [0.1, 0.15) is 80.6 Å². The maximum atomic E-state index is 9.72. The Hall–Kier alpha value is -5.84. The first kappa shape index (κ1) is 36.0. The van der Waals surface area contributed by atoms with Gasteiger partial charge in [0, 0.05) is 40.0 Å². The zero-order chi connectivity index (χ0) is 36.9. The molecule has 0 saturated carbocycles. The van der Waals surface area contributed by atoms with Crippen molar-refractivity contribution in [1.29, 1.82) is 10.5 Å². The molecule has 3 atom stereocenters. The highest BCUT2D eigenvalue weighted by Gasteiger charge is 2.29. The van der Waals surface area contributed by atoms with Crippen molar-refractivity contribution >= 4 is 33.5 Å². The SMILES string of the molecule is C=C(C#N)/C=C(\C(=C/C)C(C)/C=C\C=C/Cn1c(/C=C\C)c(C)c2c1CCC(C)C2C)c1ccc(-n2c3ccccc3c3cc(C#N)ccc32)cc1. The van der Waals surface area contributed by atoms with Gasteiger partial charge in [0.1, 0.15) is 0 Å². The Morgan fingerprint density at radius 3 is 2.44 bits per heavy atom. The monoisotopic (exact) mass is 680 g/mol. The Morgan fingerprint density at radius 2 is 1.73 bits per heavy atom. The van der Waals surface area contributed by atoms with E-state index >= 15 is 0 Å². The van der Waals surface area contributed by atoms with Crippen molar-refractivity contribution in [3.63, 3.8) is 0 Å². The molecule has 0 fully saturated rings. The fourth-order valence-electron chi connectivity index (χ4n) is 8.10. The Bertz CT molecular complexity index is 2380. The molecule has 2 aromatic heterocycles. The van der Waals surface area contributed by atoms with Crippen molar-refractivity contribution in [3.8, 4) is 17.8 Å². The maximum absolute atomic E-state index is 9.72. The first-order chi connectivity index (χ1) is 25.2. The highest BCUT2D eigenvalue weighted by atomic mass is 15.0. The van der Waals surface area contributed by atoms with Crippen LogP contribution in [-0.2, 0) is 13.0 Å². The molecule has 0 amide bonds. The average molecular weight is 681 g/mol. The predicted molar refractivity (Wildman–Crippen MR) is 219 cm³/mol. The minimum absolute atomic E-state index is 0.0984. The second-order valence-corrected chi connectivity index (χ2v) is 14.1. The minimum atomic E-state index is 0.0984. The Morgan fingerprint density at radius 1 is 0.981 bits per heavy atom. The molecule has 0 aliphatic heterocycles. The standard InChI is InChI=1S/C48H48N4/c1-8-15-44-36(7)48-35(6)33(4)19-25-47(48)51(44)27-14-10-11-16-34(5)40(9-2)42(28-32(3)30-49)38-21-23-39(24-22-38)52-45-18-13-12-17-41(45)43-29-37(31-50)20-26-46(43)52/h8-18,20-24,26,28-29,33-35H,3,19,25,27H2,1-2,4-7H3/b14-10-,15-8-,16-11-,40-9-,42-28-. The number of fused-ring (bicyclic) bond motifs is 4. The van der Waals surface area contributed by atoms with E-state index in [9.17, 15) is 10.5 Å². The van der Waals surface area contributed by atoms with Gasteiger partial charge < -0.3 is 9.13 Å². The lowest BCUT2D eigenvalue weighted by Crippen LogP contribution is -2.17. The Kier molecular flexibility index (Phi) is 10.8. The molecule has 4 nitrogen and oxygen atoms in total. The van der Waals surface area contributed by atoms with E-state index in [1.54, 1.807) is 5.56 Å². The van der Waals surface area contributed by atoms with E-state index in [0.29, 0.717) is 23.0 Å². The van der Waals surface area contributed by atoms with Crippen LogP contribution in [0.3, 0.4) is 0 Å². The van der Waals surface area contributed by atoms with Crippen LogP contribution in [0.4, 0.5) is 0 Å². The molecule has 3 unspecified atom stereocenters. The van der Waals surface area contributed by atoms with Gasteiger partial charge in [-0.1, -0.05) is 94.1 Å². The molecule has 52 heavy (non-hydrogen) atoms. The number of nitrogens with zero attached hydrogens (tertiary/aromatic N) is 4. The zero-order valence-electron chi connectivity index (χ0n) is 31.3. The molecular formula is C48H48N4. The Balaban J connectivity index is 1.26. The molecule has 1 aliphatic carbocycles. The largest absolute Gasteiger partial charge is 0.341 e. The summed E-state index contributed by atoms with van der Waals surface area (Å²) in [5.74, 6) is 1.39. The van der Waals surface area contributed by atoms with E-state index < -0.39 is 0 Å². The number of nitriles is 2. The van der Waals surface area contributed by atoms with Crippen LogP contribution in [0.25, 0.3) is 39.1 Å². The van der Waals surface area contributed by atoms with Gasteiger partial charge in [-0.15, -0.1) is 0 Å². The van der Waals surface area contributed by atoms with Crippen molar-refractivity contribution in [2.45, 2.75) is 66.8 Å². The second-order valence-electron chi connectivity index (χ2n) is 14.1. The quantitative estimate of drug-likeness (QED) is 0.109. The van der Waals surface area contributed by atoms with E-state index in [0.717, 1.165) is 57.2 Å². The minimum Gasteiger partial charge on any atom is -0.341 e. The molecule has 0 N–H and O–H groups in total. The summed E-state index contributed by atoms with van der Waals surface area (Å²) < 4.78 is 4.76. The fourth-order valence-corrected chi connectivity index (χ4v) is 8.10. The molecule has 0 bridgehead atoms. The highest BCUT2D eigenvalue weighted by molar-refractivity contribution is 6.09. The molecule has 0 spiro atoms. The first-order valence-electron chi connectivity index (χ1n) is 18.4. The van der Waals surface area contributed by atoms with Gasteiger partial charge >= 0.3 is 0 Å². The number of allylic oxidation sites excluding steroid dienone is 10. The van der Waals surface area contributed by atoms with Crippen molar-refractivity contribution in [2.24, 2.45) is 11.8 Å². The maximum Gasteiger partial charge on any atom is 0.0991 e. The summed E-state index contributed by atoms with van der Waals surface area (Å²) in [7, 11) is 0. The number of aromatic nitrogens is 2. The zero-order valence-corrected chi connectivity index (χ0v) is 31.3. The van der Waals surface area contributed by atoms with Crippen LogP contribution in [0, 0.1) is 41.4 Å². The van der Waals surface area contributed by atoms with E-state index in [2.05, 4.69) is 148 Å². The molecule has 3 aromatic carbocycles. The number of benzene rings is 3. The number of hydrogen-bond acceptors (Lipinski definition) is 2. The summed E-state index contributed by atoms with van der Waals surface area (Å²) >= 11 is 0. The highest BCUT2D eigenvalue weighted by Crippen LogP contribution is 2.41. The van der Waals surface area contributed by atoms with Gasteiger partial charge in [0.05, 0.1) is 28.7 Å². The van der Waals surface area contributed by atoms with Crippen molar-refractivity contribution in [3.05, 3.63) is 161 Å². The smallest absolute Gasteiger partial charge is 0.0991 e. The summed E-state index contributed by atoms with van der Waals surface area (Å²) in [5.41, 5.74) is 13.2. The molecule has 2 heterocycles. The van der Waals surface area contributed by atoms with E-state index in [1.165, 1.54) is 23.4 Å². The normalized spacial score (nSPS) is 17.3. The lowest BCUT2D eigenvalue weighted by molar-refractivity contribution is 0.416. The van der Waals surface area contributed by atoms with Gasteiger partial charge in [0.15, 0.2) is 0 Å². The summed E-state index contributed by atoms with van der Waals surface area (Å²) in [6.07, 6.45) is 19.6. The molecule has 260 valence electrons. The lowest BCUT2D eigenvalue weighted by Gasteiger charge is -2.28. The third-order valence-electron chi connectivity index (χ3n) is 10.9. The van der Waals surface area contributed by atoms with Crippen LogP contribution in [-0.4, -0.2) is 9.13 Å². The second kappa shape index (κ2) is 15.6. The predicted octanol–water partition coefficient (Wildman–Crippen LogP) is 12.3. The van der Waals surface area contributed by atoms with Crippen LogP contribution in [0.15, 0.2) is 127 Å². The fraction of sp³-hybridized carbons (Fsp3) is 0.250. The summed E-state index contributed by atoms with van der Waals surface area (Å²) in [6, 6.07) is 27.2. The van der Waals surface area contributed by atoms with Crippen LogP contribution >= 0.6 is 0 Å². The van der Waals surface area contributed by atoms with E-state index in [1.807, 2.05) is 36.4 Å².